The summed E-state index contributed by atoms with van der Waals surface area (Å²) in [6.45, 7) is 4.95. The number of benzene rings is 2. The smallest absolute Gasteiger partial charge is 0.251 e. The average Bonchev–Trinajstić information content (AvgIpc) is 4.03. The normalized spacial score (nSPS) is 23.5. The molecule has 2 saturated carbocycles. The van der Waals surface area contributed by atoms with E-state index in [0.717, 1.165) is 89.5 Å². The van der Waals surface area contributed by atoms with Crippen LogP contribution in [0.2, 0.25) is 0 Å². The van der Waals surface area contributed by atoms with Crippen molar-refractivity contribution in [2.45, 2.75) is 127 Å². The molecule has 4 N–H and O–H groups in total. The molecule has 2 atom stereocenters. The predicted octanol–water partition coefficient (Wildman–Crippen LogP) is 6.83. The van der Waals surface area contributed by atoms with Crippen LogP contribution >= 0.6 is 0 Å². The molecule has 67 heavy (non-hydrogen) atoms. The average molecular weight is 924 g/mol. The number of ether oxygens (including phenoxy) is 1. The van der Waals surface area contributed by atoms with Crippen LogP contribution in [0.3, 0.4) is 0 Å². The van der Waals surface area contributed by atoms with Crippen molar-refractivity contribution in [2.75, 3.05) is 67.0 Å². The molecular formula is C50H63F2N9O6. The number of nitrogens with one attached hydrogen (secondary N) is 3. The van der Waals surface area contributed by atoms with Gasteiger partial charge < -0.3 is 40.1 Å². The van der Waals surface area contributed by atoms with E-state index in [1.165, 1.54) is 17.7 Å². The van der Waals surface area contributed by atoms with Gasteiger partial charge in [0, 0.05) is 80.8 Å². The molecule has 358 valence electrons. The zero-order valence-corrected chi connectivity index (χ0v) is 38.8. The molecule has 1 aromatic heterocycles. The summed E-state index contributed by atoms with van der Waals surface area (Å²) in [5.41, 5.74) is 2.66. The maximum Gasteiger partial charge on any atom is 0.251 e. The Bertz CT molecular complexity index is 2400. The van der Waals surface area contributed by atoms with E-state index in [1.54, 1.807) is 43.5 Å². The Morgan fingerprint density at radius 1 is 0.985 bits per heavy atom. The molecule has 15 nitrogen and oxygen atoms in total. The zero-order chi connectivity index (χ0) is 47.0. The highest BCUT2D eigenvalue weighted by atomic mass is 19.1. The third-order valence-electron chi connectivity index (χ3n) is 15.7. The van der Waals surface area contributed by atoms with E-state index in [0.29, 0.717) is 60.3 Å². The number of anilines is 5. The van der Waals surface area contributed by atoms with E-state index in [9.17, 15) is 24.3 Å². The fourth-order valence-corrected chi connectivity index (χ4v) is 11.7. The molecular weight excluding hydrogens is 861 g/mol. The highest BCUT2D eigenvalue weighted by Gasteiger charge is 2.45. The largest absolute Gasteiger partial charge is 0.495 e. The number of hydrogen-bond acceptors (Lipinski definition) is 12. The Kier molecular flexibility index (Phi) is 13.2. The summed E-state index contributed by atoms with van der Waals surface area (Å²) in [5, 5.41) is 19.1. The first-order chi connectivity index (χ1) is 32.3. The number of carbonyl (C=O) groups excluding carboxylic acids is 4. The van der Waals surface area contributed by atoms with Crippen LogP contribution in [0.15, 0.2) is 48.3 Å². The summed E-state index contributed by atoms with van der Waals surface area (Å²) >= 11 is 0. The molecule has 0 radical (unpaired) electrons. The first kappa shape index (κ1) is 46.3. The molecule has 3 aromatic rings. The molecule has 2 aliphatic carbocycles. The number of likely N-dealkylation sites (tertiary alicyclic amines) is 1. The summed E-state index contributed by atoms with van der Waals surface area (Å²) < 4.78 is 36.4. The van der Waals surface area contributed by atoms with Crippen LogP contribution in [-0.2, 0) is 14.4 Å². The fraction of sp³-hybridized carbons (Fsp3) is 0.560. The van der Waals surface area contributed by atoms with Gasteiger partial charge in [-0.1, -0.05) is 19.8 Å². The van der Waals surface area contributed by atoms with E-state index < -0.39 is 34.9 Å². The number of halogens is 2. The summed E-state index contributed by atoms with van der Waals surface area (Å²) in [6, 6.07) is 7.81. The van der Waals surface area contributed by atoms with Crippen molar-refractivity contribution in [3.05, 3.63) is 71.1 Å². The van der Waals surface area contributed by atoms with Crippen LogP contribution in [0.5, 0.6) is 5.75 Å². The Labute approximate surface area is 390 Å². The number of methoxy groups -OCH3 is 1. The molecule has 9 rings (SSSR count). The molecule has 5 fully saturated rings. The number of nitrogens with zero attached hydrogens (tertiary/aromatic N) is 6. The Morgan fingerprint density at radius 2 is 1.72 bits per heavy atom. The Balaban J connectivity index is 0.801. The monoisotopic (exact) mass is 923 g/mol. The topological polar surface area (TPSA) is 173 Å². The number of fused-ring (bicyclic) bond motifs is 1. The van der Waals surface area contributed by atoms with Crippen molar-refractivity contribution in [3.63, 3.8) is 0 Å². The van der Waals surface area contributed by atoms with Crippen molar-refractivity contribution in [3.8, 4) is 5.75 Å². The van der Waals surface area contributed by atoms with Gasteiger partial charge in [0.15, 0.2) is 5.82 Å². The van der Waals surface area contributed by atoms with Gasteiger partial charge in [-0.05, 0) is 118 Å². The number of aromatic nitrogens is 2. The molecule has 4 amide bonds. The summed E-state index contributed by atoms with van der Waals surface area (Å²) in [7, 11) is 3.33. The number of carbonyl (C=O) groups is 4. The lowest BCUT2D eigenvalue weighted by Crippen LogP contribution is -2.55. The number of aliphatic hydroxyl groups is 1. The second-order valence-electron chi connectivity index (χ2n) is 19.6. The third kappa shape index (κ3) is 9.27. The van der Waals surface area contributed by atoms with Crippen molar-refractivity contribution < 1.29 is 37.8 Å². The van der Waals surface area contributed by atoms with Crippen molar-refractivity contribution in [1.82, 2.24) is 25.5 Å². The molecule has 3 saturated heterocycles. The first-order valence-corrected chi connectivity index (χ1v) is 24.1. The number of imide groups is 1. The van der Waals surface area contributed by atoms with Gasteiger partial charge in [-0.25, -0.2) is 13.8 Å². The maximum absolute atomic E-state index is 15.3. The van der Waals surface area contributed by atoms with Gasteiger partial charge in [0.25, 0.3) is 5.91 Å². The predicted molar refractivity (Wildman–Crippen MR) is 251 cm³/mol. The van der Waals surface area contributed by atoms with Crippen LogP contribution in [0.25, 0.3) is 0 Å². The van der Waals surface area contributed by atoms with Crippen molar-refractivity contribution in [2.24, 2.45) is 5.41 Å². The van der Waals surface area contributed by atoms with Gasteiger partial charge in [-0.15, -0.1) is 0 Å². The molecule has 1 unspecified atom stereocenters. The quantitative estimate of drug-likeness (QED) is 0.140. The van der Waals surface area contributed by atoms with E-state index >= 15 is 8.78 Å². The maximum atomic E-state index is 15.3. The molecule has 2 aromatic carbocycles. The van der Waals surface area contributed by atoms with E-state index in [2.05, 4.69) is 36.9 Å². The number of amides is 4. The lowest BCUT2D eigenvalue weighted by atomic mass is 9.62. The lowest BCUT2D eigenvalue weighted by molar-refractivity contribution is -0.134. The second-order valence-corrected chi connectivity index (χ2v) is 19.6. The van der Waals surface area contributed by atoms with Gasteiger partial charge in [0.1, 0.15) is 29.1 Å². The van der Waals surface area contributed by atoms with Crippen LogP contribution < -0.4 is 35.4 Å². The van der Waals surface area contributed by atoms with E-state index in [-0.39, 0.29) is 54.3 Å². The fourth-order valence-electron chi connectivity index (χ4n) is 11.7. The summed E-state index contributed by atoms with van der Waals surface area (Å²) in [5.74, 6) is -2.29. The van der Waals surface area contributed by atoms with Gasteiger partial charge in [0.05, 0.1) is 24.9 Å². The first-order valence-electron chi connectivity index (χ1n) is 24.1. The highest BCUT2D eigenvalue weighted by molar-refractivity contribution is 6.04. The van der Waals surface area contributed by atoms with E-state index in [4.69, 9.17) is 9.72 Å². The van der Waals surface area contributed by atoms with Crippen molar-refractivity contribution in [1.29, 1.82) is 0 Å². The summed E-state index contributed by atoms with van der Waals surface area (Å²) in [4.78, 5) is 69.0. The molecule has 17 heteroatoms. The lowest BCUT2D eigenvalue weighted by Gasteiger charge is -2.50. The van der Waals surface area contributed by atoms with Gasteiger partial charge in [0.2, 0.25) is 23.7 Å². The van der Waals surface area contributed by atoms with Crippen LogP contribution in [-0.4, -0.2) is 108 Å². The molecule has 6 aliphatic rings. The number of piperidine rings is 2. The van der Waals surface area contributed by atoms with Gasteiger partial charge in [-0.3, -0.25) is 24.5 Å². The minimum Gasteiger partial charge on any atom is -0.495 e. The second kappa shape index (κ2) is 19.0. The zero-order valence-electron chi connectivity index (χ0n) is 38.8. The van der Waals surface area contributed by atoms with Crippen LogP contribution in [0.4, 0.5) is 37.6 Å². The Hall–Kier alpha value is -5.84. The molecule has 1 spiro atoms. The van der Waals surface area contributed by atoms with Gasteiger partial charge in [-0.2, -0.15) is 4.98 Å². The number of aliphatic hydroxyl groups excluding tert-OH is 1. The highest BCUT2D eigenvalue weighted by Crippen LogP contribution is 2.49. The number of likely N-dealkylation sites (N-methyl/N-ethyl adjacent to an activating group) is 1. The minimum absolute atomic E-state index is 0.0387. The number of hydrogen-bond donors (Lipinski definition) is 4. The van der Waals surface area contributed by atoms with E-state index in [1.807, 2.05) is 11.8 Å². The molecule has 4 aliphatic heterocycles. The minimum atomic E-state index is -1.03. The third-order valence-corrected chi connectivity index (χ3v) is 15.7. The van der Waals surface area contributed by atoms with Crippen LogP contribution in [0.1, 0.15) is 125 Å². The number of rotatable bonds is 12. The SMILES string of the molecule is CC[C@@H]1C(=O)N(C)c2cnc(Nc3ccc(C(=O)NC4(CCO)CCC5(CCN(/C=C6/CCN(c7cc(F)c(C8CCC(=O)NC8=O)c(F)c7)C6)CC5)CC4)cc3OC)nc2N1C1CCCC1. The molecule has 5 heterocycles. The summed E-state index contributed by atoms with van der Waals surface area (Å²) in [6.07, 6.45) is 15.6. The standard InChI is InChI=1S/C50H63F2N9O6/c1-4-39-47(66)58(2)40-28-53-48(56-44(40)61(39)33-7-5-6-8-33)54-38-11-9-32(25-41(38)67-3)45(64)57-50(20-24-62)16-14-49(15-17-50)18-22-59(23-19-49)29-31-13-21-60(30-31)34-26-36(51)43(37(52)27-34)35-10-12-42(63)55-46(35)65/h9,11,25-29,33,35,39,62H,4-8,10,12-24,30H2,1-3H3,(H,57,64)(H,53,54,56)(H,55,63,65)/b31-29-/t35?,39-/m1/s1. The van der Waals surface area contributed by atoms with Gasteiger partial charge >= 0.3 is 0 Å². The van der Waals surface area contributed by atoms with Crippen LogP contribution in [0, 0.1) is 17.0 Å². The Morgan fingerprint density at radius 3 is 2.39 bits per heavy atom. The van der Waals surface area contributed by atoms with Crippen molar-refractivity contribution >= 4 is 52.5 Å². The molecule has 0 bridgehead atoms.